The smallest absolute Gasteiger partial charge is 0.253 e. The van der Waals surface area contributed by atoms with Crippen LogP contribution in [0.1, 0.15) is 53.4 Å². The number of pyridine rings is 1. The summed E-state index contributed by atoms with van der Waals surface area (Å²) in [6, 6.07) is 4.44. The average Bonchev–Trinajstić information content (AvgIpc) is 3.40. The normalized spacial score (nSPS) is 15.6. The number of nitrogens with one attached hydrogen (secondary N) is 2. The first-order chi connectivity index (χ1) is 18.3. The van der Waals surface area contributed by atoms with E-state index in [1.807, 2.05) is 13.8 Å². The van der Waals surface area contributed by atoms with Gasteiger partial charge in [-0.15, -0.1) is 0 Å². The van der Waals surface area contributed by atoms with E-state index in [9.17, 15) is 10.1 Å². The molecule has 2 N–H and O–H groups in total. The van der Waals surface area contributed by atoms with Crippen LogP contribution in [0.2, 0.25) is 5.15 Å². The van der Waals surface area contributed by atoms with Gasteiger partial charge in [-0.1, -0.05) is 11.6 Å². The Kier molecular flexibility index (Phi) is 11.8. The minimum absolute atomic E-state index is 0.107. The Morgan fingerprint density at radius 2 is 2.18 bits per heavy atom. The molecule has 0 aliphatic carbocycles. The zero-order valence-electron chi connectivity index (χ0n) is 22.7. The minimum atomic E-state index is -0.107. The molecule has 11 heteroatoms. The highest BCUT2D eigenvalue weighted by atomic mass is 35.5. The molecule has 1 atom stereocenters. The summed E-state index contributed by atoms with van der Waals surface area (Å²) in [6.07, 6.45) is 4.84. The number of piperidine rings is 1. The number of ether oxygens (including phenoxy) is 1. The predicted octanol–water partition coefficient (Wildman–Crippen LogP) is 3.96. The van der Waals surface area contributed by atoms with Gasteiger partial charge in [0.05, 0.1) is 24.4 Å². The van der Waals surface area contributed by atoms with Gasteiger partial charge in [0.15, 0.2) is 6.19 Å². The fourth-order valence-corrected chi connectivity index (χ4v) is 5.83. The Morgan fingerprint density at radius 1 is 1.42 bits per heavy atom. The number of aromatic nitrogens is 1. The summed E-state index contributed by atoms with van der Waals surface area (Å²) in [4.78, 5) is 26.3. The Balaban J connectivity index is 1.55. The zero-order chi connectivity index (χ0) is 27.5. The van der Waals surface area contributed by atoms with Crippen molar-refractivity contribution in [3.05, 3.63) is 50.4 Å². The van der Waals surface area contributed by atoms with E-state index >= 15 is 0 Å². The molecule has 0 saturated carbocycles. The molecule has 0 radical (unpaired) electrons. The zero-order valence-corrected chi connectivity index (χ0v) is 24.2. The maximum atomic E-state index is 12.8. The average molecular weight is 560 g/mol. The van der Waals surface area contributed by atoms with Crippen molar-refractivity contribution in [2.75, 3.05) is 39.9 Å². The van der Waals surface area contributed by atoms with E-state index in [-0.39, 0.29) is 11.9 Å². The van der Waals surface area contributed by atoms with Crippen LogP contribution in [0.4, 0.5) is 0 Å². The van der Waals surface area contributed by atoms with Crippen LogP contribution in [0.3, 0.4) is 0 Å². The molecule has 1 fully saturated rings. The molecule has 0 unspecified atom stereocenters. The van der Waals surface area contributed by atoms with Gasteiger partial charge in [-0.2, -0.15) is 16.6 Å². The lowest BCUT2D eigenvalue weighted by Gasteiger charge is -2.41. The standard InChI is InChI=1S/C27H38ClN7O2S/c1-19-15-24(28)33-21(3)25(19)26(36)30-9-5-20(2)34-11-6-23(7-12-34)35(16-22-8-14-38-17-22)27(32-18-29)31-10-13-37-4/h8,14-15,17,20,23H,5-7,9-13,16H2,1-4H3,(H,30,36)(H,31,32)/t20-/m1/s1. The van der Waals surface area contributed by atoms with Gasteiger partial charge in [0.1, 0.15) is 5.15 Å². The van der Waals surface area contributed by atoms with Gasteiger partial charge in [-0.05, 0) is 74.1 Å². The summed E-state index contributed by atoms with van der Waals surface area (Å²) in [5.41, 5.74) is 3.29. The second-order valence-electron chi connectivity index (χ2n) is 9.58. The molecule has 2 aromatic rings. The van der Waals surface area contributed by atoms with Crippen LogP contribution in [0.5, 0.6) is 0 Å². The summed E-state index contributed by atoms with van der Waals surface area (Å²) in [7, 11) is 1.65. The molecule has 38 heavy (non-hydrogen) atoms. The van der Waals surface area contributed by atoms with E-state index in [2.05, 4.69) is 60.4 Å². The van der Waals surface area contributed by atoms with E-state index < -0.39 is 0 Å². The first kappa shape index (κ1) is 29.8. The molecule has 9 nitrogen and oxygen atoms in total. The minimum Gasteiger partial charge on any atom is -0.383 e. The summed E-state index contributed by atoms with van der Waals surface area (Å²) in [5.74, 6) is 0.497. The van der Waals surface area contributed by atoms with Crippen molar-refractivity contribution in [1.82, 2.24) is 25.4 Å². The number of thiophene rings is 1. The van der Waals surface area contributed by atoms with E-state index in [1.165, 1.54) is 5.56 Å². The lowest BCUT2D eigenvalue weighted by Crippen LogP contribution is -2.52. The number of rotatable bonds is 11. The number of aliphatic imine (C=N–C) groups is 1. The highest BCUT2D eigenvalue weighted by Crippen LogP contribution is 2.23. The number of likely N-dealkylation sites (tertiary alicyclic amines) is 1. The molecule has 1 saturated heterocycles. The molecular weight excluding hydrogens is 522 g/mol. The maximum Gasteiger partial charge on any atom is 0.253 e. The van der Waals surface area contributed by atoms with Crippen molar-refractivity contribution >= 4 is 34.8 Å². The number of guanidine groups is 1. The van der Waals surface area contributed by atoms with Gasteiger partial charge in [-0.3, -0.25) is 10.1 Å². The van der Waals surface area contributed by atoms with Crippen LogP contribution in [-0.4, -0.2) is 78.6 Å². The van der Waals surface area contributed by atoms with Gasteiger partial charge >= 0.3 is 0 Å². The van der Waals surface area contributed by atoms with Crippen LogP contribution in [0.25, 0.3) is 0 Å². The largest absolute Gasteiger partial charge is 0.383 e. The monoisotopic (exact) mass is 559 g/mol. The summed E-state index contributed by atoms with van der Waals surface area (Å²) >= 11 is 7.67. The Hall–Kier alpha value is -2.71. The maximum absolute atomic E-state index is 12.8. The van der Waals surface area contributed by atoms with Gasteiger partial charge in [0, 0.05) is 45.4 Å². The van der Waals surface area contributed by atoms with Gasteiger partial charge in [-0.25, -0.2) is 9.98 Å². The van der Waals surface area contributed by atoms with Crippen molar-refractivity contribution in [3.63, 3.8) is 0 Å². The van der Waals surface area contributed by atoms with Gasteiger partial charge < -0.3 is 19.9 Å². The number of halogens is 1. The van der Waals surface area contributed by atoms with E-state index in [4.69, 9.17) is 16.3 Å². The molecule has 3 rings (SSSR count). The van der Waals surface area contributed by atoms with E-state index in [0.717, 1.165) is 37.9 Å². The number of aryl methyl sites for hydroxylation is 2. The number of carbonyl (C=O) groups is 1. The second-order valence-corrected chi connectivity index (χ2v) is 10.7. The number of nitrogens with zero attached hydrogens (tertiary/aromatic N) is 5. The molecular formula is C27H38ClN7O2S. The molecule has 2 aromatic heterocycles. The topological polar surface area (TPSA) is 106 Å². The van der Waals surface area contributed by atoms with Crippen molar-refractivity contribution in [2.24, 2.45) is 4.99 Å². The molecule has 1 aliphatic heterocycles. The number of amides is 1. The summed E-state index contributed by atoms with van der Waals surface area (Å²) < 4.78 is 5.15. The number of hydrogen-bond acceptors (Lipinski definition) is 7. The third kappa shape index (κ3) is 8.40. The summed E-state index contributed by atoms with van der Waals surface area (Å²) in [5, 5.41) is 19.9. The fraction of sp³-hybridized carbons (Fsp3) is 0.556. The van der Waals surface area contributed by atoms with Crippen LogP contribution < -0.4 is 10.6 Å². The first-order valence-electron chi connectivity index (χ1n) is 13.0. The molecule has 1 amide bonds. The van der Waals surface area contributed by atoms with Gasteiger partial charge in [0.2, 0.25) is 5.96 Å². The van der Waals surface area contributed by atoms with Crippen LogP contribution in [0, 0.1) is 25.3 Å². The molecule has 1 aliphatic rings. The highest BCUT2D eigenvalue weighted by Gasteiger charge is 2.29. The molecule has 0 spiro atoms. The Morgan fingerprint density at radius 3 is 2.82 bits per heavy atom. The number of carbonyl (C=O) groups excluding carboxylic acids is 1. The first-order valence-corrected chi connectivity index (χ1v) is 14.3. The van der Waals surface area contributed by atoms with Crippen LogP contribution >= 0.6 is 22.9 Å². The van der Waals surface area contributed by atoms with Crippen molar-refractivity contribution < 1.29 is 9.53 Å². The molecule has 3 heterocycles. The van der Waals surface area contributed by atoms with Crippen LogP contribution in [-0.2, 0) is 11.3 Å². The van der Waals surface area contributed by atoms with Gasteiger partial charge in [0.25, 0.3) is 5.91 Å². The third-order valence-electron chi connectivity index (χ3n) is 6.93. The predicted molar refractivity (Wildman–Crippen MR) is 153 cm³/mol. The highest BCUT2D eigenvalue weighted by molar-refractivity contribution is 7.07. The fourth-order valence-electron chi connectivity index (χ4n) is 4.88. The lowest BCUT2D eigenvalue weighted by atomic mass is 10.0. The lowest BCUT2D eigenvalue weighted by molar-refractivity contribution is 0.0934. The van der Waals surface area contributed by atoms with Crippen molar-refractivity contribution in [2.45, 2.75) is 58.7 Å². The van der Waals surface area contributed by atoms with Crippen molar-refractivity contribution in [3.8, 4) is 6.19 Å². The second kappa shape index (κ2) is 15.0. The number of nitriles is 1. The SMILES string of the molecule is COCCN=C(NC#N)N(Cc1ccsc1)C1CCN([C@H](C)CCNC(=O)c2c(C)cc(Cl)nc2C)CC1. The van der Waals surface area contributed by atoms with Crippen LogP contribution in [0.15, 0.2) is 27.9 Å². The van der Waals surface area contributed by atoms with Crippen molar-refractivity contribution in [1.29, 1.82) is 5.26 Å². The third-order valence-corrected chi connectivity index (χ3v) is 7.86. The molecule has 0 bridgehead atoms. The Bertz CT molecular complexity index is 1090. The Labute approximate surface area is 234 Å². The molecule has 206 valence electrons. The molecule has 0 aromatic carbocycles. The van der Waals surface area contributed by atoms with E-state index in [0.29, 0.717) is 54.7 Å². The number of methoxy groups -OCH3 is 1. The quantitative estimate of drug-likeness (QED) is 0.107. The summed E-state index contributed by atoms with van der Waals surface area (Å²) in [6.45, 7) is 10.1. The van der Waals surface area contributed by atoms with E-state index in [1.54, 1.807) is 24.5 Å². The number of hydrogen-bond donors (Lipinski definition) is 2.